The normalized spacial score (nSPS) is 19.3. The highest BCUT2D eigenvalue weighted by Crippen LogP contribution is 2.22. The van der Waals surface area contributed by atoms with Gasteiger partial charge in [0.05, 0.1) is 4.99 Å². The lowest BCUT2D eigenvalue weighted by Gasteiger charge is -2.32. The van der Waals surface area contributed by atoms with Crippen LogP contribution in [-0.2, 0) is 0 Å². The van der Waals surface area contributed by atoms with E-state index in [0.29, 0.717) is 17.1 Å². The van der Waals surface area contributed by atoms with E-state index in [0.717, 1.165) is 29.4 Å². The summed E-state index contributed by atoms with van der Waals surface area (Å²) in [7, 11) is 0. The number of rotatable bonds is 2. The number of piperidine rings is 1. The van der Waals surface area contributed by atoms with E-state index in [2.05, 4.69) is 15.9 Å². The highest BCUT2D eigenvalue weighted by atomic mass is 79.9. The zero-order chi connectivity index (χ0) is 14.0. The van der Waals surface area contributed by atoms with Crippen LogP contribution in [0.3, 0.4) is 0 Å². The Kier molecular flexibility index (Phi) is 4.58. The average molecular weight is 341 g/mol. The number of hydrogen-bond acceptors (Lipinski definition) is 2. The maximum Gasteiger partial charge on any atom is 0.253 e. The van der Waals surface area contributed by atoms with Gasteiger partial charge in [-0.1, -0.05) is 34.2 Å². The fourth-order valence-corrected chi connectivity index (χ4v) is 2.87. The number of carbonyl (C=O) groups is 1. The first-order valence-electron chi connectivity index (χ1n) is 6.34. The van der Waals surface area contributed by atoms with Crippen LogP contribution in [0.25, 0.3) is 0 Å². The summed E-state index contributed by atoms with van der Waals surface area (Å²) < 4.78 is 0.959. The molecule has 0 saturated carbocycles. The summed E-state index contributed by atoms with van der Waals surface area (Å²) in [5.41, 5.74) is 7.53. The highest BCUT2D eigenvalue weighted by molar-refractivity contribution is 9.10. The van der Waals surface area contributed by atoms with Crippen molar-refractivity contribution in [3.05, 3.63) is 33.8 Å². The van der Waals surface area contributed by atoms with Crippen LogP contribution in [0.2, 0.25) is 0 Å². The van der Waals surface area contributed by atoms with E-state index < -0.39 is 0 Å². The number of thiocarbonyl (C=S) groups is 1. The molecular formula is C14H17BrN2OS. The summed E-state index contributed by atoms with van der Waals surface area (Å²) in [4.78, 5) is 14.8. The predicted molar refractivity (Wildman–Crippen MR) is 84.3 cm³/mol. The molecule has 0 bridgehead atoms. The third kappa shape index (κ3) is 3.34. The molecule has 3 nitrogen and oxygen atoms in total. The molecule has 1 aliphatic heterocycles. The number of aryl methyl sites for hydroxylation is 1. The van der Waals surface area contributed by atoms with Crippen LogP contribution in [0.4, 0.5) is 0 Å². The largest absolute Gasteiger partial charge is 0.393 e. The van der Waals surface area contributed by atoms with Crippen LogP contribution >= 0.6 is 28.1 Å². The number of nitrogens with zero attached hydrogens (tertiary/aromatic N) is 1. The number of hydrogen-bond donors (Lipinski definition) is 1. The van der Waals surface area contributed by atoms with Gasteiger partial charge in [0, 0.05) is 29.0 Å². The second-order valence-corrected chi connectivity index (χ2v) is 6.28. The Balaban J connectivity index is 2.14. The molecule has 1 amide bonds. The first-order chi connectivity index (χ1) is 8.99. The Bertz CT molecular complexity index is 518. The predicted octanol–water partition coefficient (Wildman–Crippen LogP) is 2.90. The fraction of sp³-hybridized carbons (Fsp3) is 0.429. The van der Waals surface area contributed by atoms with E-state index in [1.165, 1.54) is 0 Å². The number of nitrogens with two attached hydrogens (primary N) is 1. The van der Waals surface area contributed by atoms with Crippen LogP contribution < -0.4 is 5.73 Å². The maximum atomic E-state index is 12.5. The Morgan fingerprint density at radius 1 is 1.53 bits per heavy atom. The van der Waals surface area contributed by atoms with Crippen LogP contribution in [0.5, 0.6) is 0 Å². The van der Waals surface area contributed by atoms with Gasteiger partial charge in [0.15, 0.2) is 0 Å². The van der Waals surface area contributed by atoms with Crippen molar-refractivity contribution in [1.82, 2.24) is 4.90 Å². The molecule has 0 radical (unpaired) electrons. The van der Waals surface area contributed by atoms with E-state index in [9.17, 15) is 4.79 Å². The van der Waals surface area contributed by atoms with Gasteiger partial charge >= 0.3 is 0 Å². The molecule has 19 heavy (non-hydrogen) atoms. The maximum absolute atomic E-state index is 12.5. The molecule has 102 valence electrons. The van der Waals surface area contributed by atoms with Crippen LogP contribution in [0, 0.1) is 12.8 Å². The first-order valence-corrected chi connectivity index (χ1v) is 7.54. The molecule has 5 heteroatoms. The molecule has 1 aromatic rings. The summed E-state index contributed by atoms with van der Waals surface area (Å²) in [6.45, 7) is 3.42. The zero-order valence-corrected chi connectivity index (χ0v) is 13.3. The molecule has 0 spiro atoms. The average Bonchev–Trinajstić information content (AvgIpc) is 2.41. The molecule has 2 N–H and O–H groups in total. The second-order valence-electron chi connectivity index (χ2n) is 4.96. The molecule has 0 aliphatic carbocycles. The Labute approximate surface area is 127 Å². The summed E-state index contributed by atoms with van der Waals surface area (Å²) in [6, 6.07) is 5.70. The minimum atomic E-state index is 0.0571. The topological polar surface area (TPSA) is 46.3 Å². The highest BCUT2D eigenvalue weighted by Gasteiger charge is 2.26. The summed E-state index contributed by atoms with van der Waals surface area (Å²) in [6.07, 6.45) is 1.94. The van der Waals surface area contributed by atoms with Crippen LogP contribution in [0.15, 0.2) is 22.7 Å². The number of carbonyl (C=O) groups excluding carboxylic acids is 1. The molecule has 1 atom stereocenters. The fourth-order valence-electron chi connectivity index (χ4n) is 2.30. The lowest BCUT2D eigenvalue weighted by molar-refractivity contribution is 0.0703. The van der Waals surface area contributed by atoms with Crippen LogP contribution in [-0.4, -0.2) is 28.9 Å². The van der Waals surface area contributed by atoms with Gasteiger partial charge in [-0.2, -0.15) is 0 Å². The summed E-state index contributed by atoms with van der Waals surface area (Å²) in [5.74, 6) is 0.211. The molecule has 1 aliphatic rings. The SMILES string of the molecule is Cc1ccc(C(=O)N2CCCC(C(N)=S)C2)cc1Br. The molecule has 0 aromatic heterocycles. The minimum Gasteiger partial charge on any atom is -0.393 e. The van der Waals surface area contributed by atoms with Gasteiger partial charge in [-0.15, -0.1) is 0 Å². The van der Waals surface area contributed by atoms with Gasteiger partial charge < -0.3 is 10.6 Å². The zero-order valence-electron chi connectivity index (χ0n) is 10.9. The monoisotopic (exact) mass is 340 g/mol. The van der Waals surface area contributed by atoms with Gasteiger partial charge in [-0.25, -0.2) is 0 Å². The Morgan fingerprint density at radius 3 is 2.89 bits per heavy atom. The van der Waals surface area contributed by atoms with Gasteiger partial charge in [-0.3, -0.25) is 4.79 Å². The molecule has 2 rings (SSSR count). The van der Waals surface area contributed by atoms with Crippen molar-refractivity contribution in [3.8, 4) is 0 Å². The smallest absolute Gasteiger partial charge is 0.253 e. The van der Waals surface area contributed by atoms with Crippen molar-refractivity contribution in [1.29, 1.82) is 0 Å². The molecule has 1 aromatic carbocycles. The van der Waals surface area contributed by atoms with E-state index in [1.54, 1.807) is 0 Å². The van der Waals surface area contributed by atoms with Crippen molar-refractivity contribution in [3.63, 3.8) is 0 Å². The number of likely N-dealkylation sites (tertiary alicyclic amines) is 1. The van der Waals surface area contributed by atoms with E-state index >= 15 is 0 Å². The summed E-state index contributed by atoms with van der Waals surface area (Å²) in [5, 5.41) is 0. The quantitative estimate of drug-likeness (QED) is 0.842. The molecule has 1 unspecified atom stereocenters. The third-order valence-corrected chi connectivity index (χ3v) is 4.72. The Morgan fingerprint density at radius 2 is 2.26 bits per heavy atom. The second kappa shape index (κ2) is 6.01. The van der Waals surface area contributed by atoms with Gasteiger partial charge in [0.25, 0.3) is 5.91 Å². The lowest BCUT2D eigenvalue weighted by atomic mass is 9.97. The molecule has 1 fully saturated rings. The van der Waals surface area contributed by atoms with Gasteiger partial charge in [-0.05, 0) is 37.5 Å². The minimum absolute atomic E-state index is 0.0571. The van der Waals surface area contributed by atoms with Crippen molar-refractivity contribution in [2.45, 2.75) is 19.8 Å². The van der Waals surface area contributed by atoms with E-state index in [4.69, 9.17) is 18.0 Å². The third-order valence-electron chi connectivity index (χ3n) is 3.53. The van der Waals surface area contributed by atoms with Gasteiger partial charge in [0.2, 0.25) is 0 Å². The Hall–Kier alpha value is -0.940. The standard InChI is InChI=1S/C14H17BrN2OS/c1-9-4-5-10(7-12(9)15)14(18)17-6-2-3-11(8-17)13(16)19/h4-5,7,11H,2-3,6,8H2,1H3,(H2,16,19). The van der Waals surface area contributed by atoms with Crippen molar-refractivity contribution in [2.75, 3.05) is 13.1 Å². The molecule has 1 saturated heterocycles. The van der Waals surface area contributed by atoms with Gasteiger partial charge in [0.1, 0.15) is 0 Å². The first kappa shape index (κ1) is 14.5. The number of benzene rings is 1. The van der Waals surface area contributed by atoms with Crippen molar-refractivity contribution in [2.24, 2.45) is 11.7 Å². The number of halogens is 1. The number of amides is 1. The van der Waals surface area contributed by atoms with E-state index in [1.807, 2.05) is 30.0 Å². The van der Waals surface area contributed by atoms with Crippen molar-refractivity contribution >= 4 is 39.0 Å². The summed E-state index contributed by atoms with van der Waals surface area (Å²) >= 11 is 8.50. The van der Waals surface area contributed by atoms with Crippen molar-refractivity contribution < 1.29 is 4.79 Å². The molecule has 1 heterocycles. The van der Waals surface area contributed by atoms with Crippen LogP contribution in [0.1, 0.15) is 28.8 Å². The molecular weight excluding hydrogens is 324 g/mol. The van der Waals surface area contributed by atoms with E-state index in [-0.39, 0.29) is 11.8 Å². The lowest BCUT2D eigenvalue weighted by Crippen LogP contribution is -2.43.